The van der Waals surface area contributed by atoms with E-state index in [4.69, 9.17) is 9.73 Å². The number of hydrogen-bond acceptors (Lipinski definition) is 6. The molecule has 1 saturated heterocycles. The lowest BCUT2D eigenvalue weighted by atomic mass is 10.0. The number of aliphatic imine (C=N–C) groups is 1. The Bertz CT molecular complexity index is 956. The van der Waals surface area contributed by atoms with Gasteiger partial charge in [0.25, 0.3) is 0 Å². The zero-order chi connectivity index (χ0) is 23.4. The Morgan fingerprint density at radius 2 is 2.03 bits per heavy atom. The molecule has 0 unspecified atom stereocenters. The van der Waals surface area contributed by atoms with Gasteiger partial charge >= 0.3 is 0 Å². The molecule has 3 aliphatic rings. The third kappa shape index (κ3) is 5.31. The van der Waals surface area contributed by atoms with Gasteiger partial charge in [-0.05, 0) is 43.7 Å². The Labute approximate surface area is 197 Å². The largest absolute Gasteiger partial charge is 0.494 e. The van der Waals surface area contributed by atoms with Crippen LogP contribution in [0.5, 0.6) is 5.75 Å². The molecule has 0 N–H and O–H groups in total. The van der Waals surface area contributed by atoms with Crippen LogP contribution in [0, 0.1) is 5.82 Å². The lowest BCUT2D eigenvalue weighted by Crippen LogP contribution is -2.55. The number of halogens is 1. The number of fused-ring (bicyclic) bond motifs is 4. The van der Waals surface area contributed by atoms with Crippen LogP contribution in [0.15, 0.2) is 53.9 Å². The number of nitrogens with zero attached hydrogens (tertiary/aromatic N) is 5. The number of hydrogen-bond donors (Lipinski definition) is 0. The molecule has 0 radical (unpaired) electrons. The van der Waals surface area contributed by atoms with Crippen LogP contribution >= 0.6 is 0 Å². The molecule has 0 aromatic heterocycles. The zero-order valence-electron chi connectivity index (χ0n) is 20.1. The summed E-state index contributed by atoms with van der Waals surface area (Å²) in [7, 11) is 3.99. The highest BCUT2D eigenvalue weighted by atomic mass is 19.1. The molecule has 33 heavy (non-hydrogen) atoms. The maximum absolute atomic E-state index is 14.9. The van der Waals surface area contributed by atoms with Gasteiger partial charge in [0.2, 0.25) is 0 Å². The third-order valence-electron chi connectivity index (χ3n) is 6.74. The van der Waals surface area contributed by atoms with E-state index < -0.39 is 0 Å². The second kappa shape index (κ2) is 10.5. The summed E-state index contributed by atoms with van der Waals surface area (Å²) < 4.78 is 21.0. The predicted molar refractivity (Wildman–Crippen MR) is 133 cm³/mol. The van der Waals surface area contributed by atoms with Crippen molar-refractivity contribution in [3.8, 4) is 5.75 Å². The highest BCUT2D eigenvalue weighted by Gasteiger charge is 2.27. The third-order valence-corrected chi connectivity index (χ3v) is 6.74. The molecule has 0 amide bonds. The van der Waals surface area contributed by atoms with Gasteiger partial charge in [-0.3, -0.25) is 4.90 Å². The van der Waals surface area contributed by atoms with Crippen LogP contribution in [0.25, 0.3) is 5.57 Å². The smallest absolute Gasteiger partial charge is 0.142 e. The molecule has 6 nitrogen and oxygen atoms in total. The lowest BCUT2D eigenvalue weighted by Gasteiger charge is -2.42. The number of piperazine rings is 1. The average Bonchev–Trinajstić information content (AvgIpc) is 2.81. The van der Waals surface area contributed by atoms with E-state index in [-0.39, 0.29) is 5.82 Å². The Kier molecular flexibility index (Phi) is 7.50. The molecule has 3 heterocycles. The van der Waals surface area contributed by atoms with Crippen LogP contribution in [0.2, 0.25) is 0 Å². The van der Waals surface area contributed by atoms with Crippen molar-refractivity contribution >= 4 is 11.4 Å². The molecule has 1 atom stereocenters. The van der Waals surface area contributed by atoms with Crippen LogP contribution in [0.4, 0.5) is 4.39 Å². The molecule has 4 bridgehead atoms. The van der Waals surface area contributed by atoms with Gasteiger partial charge in [-0.2, -0.15) is 0 Å². The Morgan fingerprint density at radius 1 is 1.21 bits per heavy atom. The van der Waals surface area contributed by atoms with Crippen LogP contribution < -0.4 is 4.74 Å². The summed E-state index contributed by atoms with van der Waals surface area (Å²) in [6.07, 6.45) is 7.77. The molecule has 178 valence electrons. The predicted octanol–water partition coefficient (Wildman–Crippen LogP) is 3.65. The summed E-state index contributed by atoms with van der Waals surface area (Å²) in [5.41, 5.74) is 1.10. The van der Waals surface area contributed by atoms with E-state index in [9.17, 15) is 4.39 Å². The van der Waals surface area contributed by atoms with Crippen LogP contribution in [-0.4, -0.2) is 91.4 Å². The standard InChI is InChI=1S/C26H36FN5O/c1-5-11-31-14-16-32-15-13-29(3)25-9-12-30(4)26(28-25)22(6-2)23-18-21(7-8-24(23)27)33-17-10-20(32)19-31/h6-9,12,18,20H,2,5,10-11,13-17,19H2,1,3-4H3/b26-22+/t20-/m1/s1. The molecular weight excluding hydrogens is 417 g/mol. The summed E-state index contributed by atoms with van der Waals surface area (Å²) >= 11 is 0. The fraction of sp³-hybridized carbons (Fsp3) is 0.500. The Morgan fingerprint density at radius 3 is 2.82 bits per heavy atom. The second-order valence-electron chi connectivity index (χ2n) is 9.03. The normalized spacial score (nSPS) is 25.0. The van der Waals surface area contributed by atoms with Crippen LogP contribution in [0.3, 0.4) is 0 Å². The summed E-state index contributed by atoms with van der Waals surface area (Å²) in [5.74, 6) is 1.90. The first-order chi connectivity index (χ1) is 16.0. The molecular formula is C26H36FN5O. The number of benzene rings is 1. The minimum atomic E-state index is -0.309. The van der Waals surface area contributed by atoms with Crippen LogP contribution in [0.1, 0.15) is 25.3 Å². The molecule has 1 aromatic carbocycles. The Hall–Kier alpha value is -2.64. The van der Waals surface area contributed by atoms with Gasteiger partial charge in [-0.1, -0.05) is 19.6 Å². The fourth-order valence-corrected chi connectivity index (χ4v) is 4.81. The van der Waals surface area contributed by atoms with Crippen molar-refractivity contribution in [3.05, 3.63) is 60.3 Å². The molecule has 3 aliphatic heterocycles. The maximum atomic E-state index is 14.9. The maximum Gasteiger partial charge on any atom is 0.142 e. The van der Waals surface area contributed by atoms with E-state index in [1.165, 1.54) is 12.5 Å². The summed E-state index contributed by atoms with van der Waals surface area (Å²) in [6, 6.07) is 5.39. The number of amidine groups is 1. The first kappa shape index (κ1) is 23.5. The number of rotatable bonds is 3. The Balaban J connectivity index is 1.69. The number of ether oxygens (including phenoxy) is 1. The van der Waals surface area contributed by atoms with Crippen molar-refractivity contribution in [1.29, 1.82) is 0 Å². The van der Waals surface area contributed by atoms with Crippen molar-refractivity contribution < 1.29 is 9.13 Å². The summed E-state index contributed by atoms with van der Waals surface area (Å²) in [5, 5.41) is 0. The second-order valence-corrected chi connectivity index (χ2v) is 9.03. The van der Waals surface area contributed by atoms with Crippen molar-refractivity contribution in [2.45, 2.75) is 25.8 Å². The fourth-order valence-electron chi connectivity index (χ4n) is 4.81. The van der Waals surface area contributed by atoms with E-state index in [0.29, 0.717) is 35.4 Å². The van der Waals surface area contributed by atoms with Crippen molar-refractivity contribution in [2.75, 3.05) is 60.0 Å². The lowest BCUT2D eigenvalue weighted by molar-refractivity contribution is 0.0590. The summed E-state index contributed by atoms with van der Waals surface area (Å²) in [4.78, 5) is 14.1. The van der Waals surface area contributed by atoms with Gasteiger partial charge in [0.15, 0.2) is 0 Å². The molecule has 1 fully saturated rings. The van der Waals surface area contributed by atoms with Gasteiger partial charge in [0.05, 0.1) is 6.61 Å². The zero-order valence-corrected chi connectivity index (χ0v) is 20.1. The van der Waals surface area contributed by atoms with Crippen molar-refractivity contribution in [3.63, 3.8) is 0 Å². The first-order valence-electron chi connectivity index (χ1n) is 12.0. The van der Waals surface area contributed by atoms with Gasteiger partial charge in [0.1, 0.15) is 23.2 Å². The first-order valence-corrected chi connectivity index (χ1v) is 12.0. The molecule has 7 heteroatoms. The van der Waals surface area contributed by atoms with Crippen molar-refractivity contribution in [1.82, 2.24) is 19.6 Å². The van der Waals surface area contributed by atoms with Gasteiger partial charge in [0, 0.05) is 70.2 Å². The van der Waals surface area contributed by atoms with E-state index in [1.54, 1.807) is 18.2 Å². The molecule has 0 spiro atoms. The highest BCUT2D eigenvalue weighted by Crippen LogP contribution is 2.30. The topological polar surface area (TPSA) is 34.5 Å². The minimum Gasteiger partial charge on any atom is -0.494 e. The molecule has 0 saturated carbocycles. The van der Waals surface area contributed by atoms with E-state index in [0.717, 1.165) is 51.5 Å². The van der Waals surface area contributed by atoms with Crippen molar-refractivity contribution in [2.24, 2.45) is 4.99 Å². The monoisotopic (exact) mass is 453 g/mol. The van der Waals surface area contributed by atoms with Gasteiger partial charge in [-0.15, -0.1) is 0 Å². The number of likely N-dealkylation sites (N-methyl/N-ethyl adjacent to an activating group) is 1. The average molecular weight is 454 g/mol. The van der Waals surface area contributed by atoms with Gasteiger partial charge < -0.3 is 19.4 Å². The molecule has 0 aliphatic carbocycles. The van der Waals surface area contributed by atoms with Crippen LogP contribution in [-0.2, 0) is 0 Å². The minimum absolute atomic E-state index is 0.309. The van der Waals surface area contributed by atoms with Gasteiger partial charge in [-0.25, -0.2) is 9.38 Å². The van der Waals surface area contributed by atoms with E-state index in [2.05, 4.69) is 35.3 Å². The molecule has 4 rings (SSSR count). The van der Waals surface area contributed by atoms with E-state index in [1.807, 2.05) is 24.2 Å². The van der Waals surface area contributed by atoms with E-state index >= 15 is 0 Å². The SMILES string of the molecule is C=C/C1=C2/N=C(C=CN2C)N(C)CCN2CCN(CCC)C[C@H]2CCOc2ccc(F)c1c2. The number of allylic oxidation sites excluding steroid dienone is 2. The highest BCUT2D eigenvalue weighted by molar-refractivity contribution is 5.95. The molecule has 1 aromatic rings. The summed E-state index contributed by atoms with van der Waals surface area (Å²) in [6.45, 7) is 13.0. The quantitative estimate of drug-likeness (QED) is 0.698.